The first-order valence-electron chi connectivity index (χ1n) is 5.01. The molecule has 2 heterocycles. The fourth-order valence-electron chi connectivity index (χ4n) is 1.69. The van der Waals surface area contributed by atoms with E-state index in [1.807, 2.05) is 18.2 Å². The predicted molar refractivity (Wildman–Crippen MR) is 62.3 cm³/mol. The number of hydrogen-bond acceptors (Lipinski definition) is 3. The van der Waals surface area contributed by atoms with Gasteiger partial charge in [0.25, 0.3) is 11.1 Å². The summed E-state index contributed by atoms with van der Waals surface area (Å²) >= 11 is 0. The van der Waals surface area contributed by atoms with Crippen molar-refractivity contribution in [3.8, 4) is 5.69 Å². The molecule has 3 rings (SSSR count). The lowest BCUT2D eigenvalue weighted by Crippen LogP contribution is -2.14. The van der Waals surface area contributed by atoms with Crippen LogP contribution in [0.2, 0.25) is 0 Å². The van der Waals surface area contributed by atoms with Crippen molar-refractivity contribution >= 4 is 11.0 Å². The summed E-state index contributed by atoms with van der Waals surface area (Å²) in [5.41, 5.74) is 0.285. The Morgan fingerprint density at radius 2 is 1.88 bits per heavy atom. The molecule has 0 unspecified atom stereocenters. The SMILES string of the molecule is O=c1[nH]cnc2c(=O)n(-c3ccccc3)[nH]c12. The molecule has 84 valence electrons. The highest BCUT2D eigenvalue weighted by atomic mass is 16.1. The maximum atomic E-state index is 12.0. The van der Waals surface area contributed by atoms with E-state index in [4.69, 9.17) is 0 Å². The Morgan fingerprint density at radius 3 is 2.59 bits per heavy atom. The largest absolute Gasteiger partial charge is 0.311 e. The van der Waals surface area contributed by atoms with Crippen molar-refractivity contribution in [2.75, 3.05) is 0 Å². The van der Waals surface area contributed by atoms with Crippen molar-refractivity contribution in [1.82, 2.24) is 19.7 Å². The molecule has 0 aliphatic heterocycles. The molecular weight excluding hydrogens is 220 g/mol. The number of para-hydroxylation sites is 1. The fraction of sp³-hybridized carbons (Fsp3) is 0. The molecule has 6 nitrogen and oxygen atoms in total. The van der Waals surface area contributed by atoms with Crippen LogP contribution in [0.5, 0.6) is 0 Å². The summed E-state index contributed by atoms with van der Waals surface area (Å²) in [6.07, 6.45) is 1.22. The summed E-state index contributed by atoms with van der Waals surface area (Å²) in [4.78, 5) is 29.8. The molecule has 2 N–H and O–H groups in total. The number of hydrogen-bond donors (Lipinski definition) is 2. The summed E-state index contributed by atoms with van der Waals surface area (Å²) < 4.78 is 1.30. The number of aromatic amines is 2. The van der Waals surface area contributed by atoms with Crippen molar-refractivity contribution in [2.45, 2.75) is 0 Å². The van der Waals surface area contributed by atoms with Crippen LogP contribution >= 0.6 is 0 Å². The van der Waals surface area contributed by atoms with Crippen LogP contribution in [0.4, 0.5) is 0 Å². The minimum Gasteiger partial charge on any atom is -0.311 e. The molecule has 0 radical (unpaired) electrons. The molecular formula is C11H8N4O2. The third kappa shape index (κ3) is 1.38. The highest BCUT2D eigenvalue weighted by Gasteiger charge is 2.11. The van der Waals surface area contributed by atoms with Crippen LogP contribution in [0.15, 0.2) is 46.2 Å². The van der Waals surface area contributed by atoms with Crippen LogP contribution in [0.1, 0.15) is 0 Å². The van der Waals surface area contributed by atoms with Gasteiger partial charge < -0.3 is 4.98 Å². The molecule has 0 aliphatic carbocycles. The van der Waals surface area contributed by atoms with Gasteiger partial charge in [-0.2, -0.15) is 0 Å². The summed E-state index contributed by atoms with van der Waals surface area (Å²) in [6, 6.07) is 9.01. The topological polar surface area (TPSA) is 83.5 Å². The van der Waals surface area contributed by atoms with Gasteiger partial charge >= 0.3 is 0 Å². The maximum absolute atomic E-state index is 12.0. The Kier molecular flexibility index (Phi) is 1.94. The lowest BCUT2D eigenvalue weighted by molar-refractivity contribution is 0.861. The van der Waals surface area contributed by atoms with Crippen molar-refractivity contribution < 1.29 is 0 Å². The molecule has 0 spiro atoms. The summed E-state index contributed by atoms with van der Waals surface area (Å²) in [7, 11) is 0. The van der Waals surface area contributed by atoms with Gasteiger partial charge in [0.1, 0.15) is 0 Å². The zero-order chi connectivity index (χ0) is 11.8. The summed E-state index contributed by atoms with van der Waals surface area (Å²) in [6.45, 7) is 0. The van der Waals surface area contributed by atoms with E-state index in [-0.39, 0.29) is 22.2 Å². The number of nitrogens with one attached hydrogen (secondary N) is 2. The molecule has 1 aromatic carbocycles. The number of benzene rings is 1. The predicted octanol–water partition coefficient (Wildman–Crippen LogP) is 0.402. The Bertz CT molecular complexity index is 782. The van der Waals surface area contributed by atoms with Gasteiger partial charge in [-0.1, -0.05) is 18.2 Å². The first kappa shape index (κ1) is 9.59. The van der Waals surface area contributed by atoms with E-state index >= 15 is 0 Å². The monoisotopic (exact) mass is 228 g/mol. The van der Waals surface area contributed by atoms with Crippen LogP contribution in [-0.4, -0.2) is 19.7 Å². The third-order valence-electron chi connectivity index (χ3n) is 2.50. The quantitative estimate of drug-likeness (QED) is 0.632. The van der Waals surface area contributed by atoms with Crippen molar-refractivity contribution in [1.29, 1.82) is 0 Å². The number of aromatic nitrogens is 4. The van der Waals surface area contributed by atoms with Crippen LogP contribution in [0.3, 0.4) is 0 Å². The number of H-pyrrole nitrogens is 2. The van der Waals surface area contributed by atoms with Gasteiger partial charge in [-0.05, 0) is 12.1 Å². The molecule has 0 aliphatic rings. The van der Waals surface area contributed by atoms with Crippen LogP contribution < -0.4 is 11.1 Å². The average molecular weight is 228 g/mol. The van der Waals surface area contributed by atoms with Gasteiger partial charge in [0.2, 0.25) is 0 Å². The molecule has 0 fully saturated rings. The summed E-state index contributed by atoms with van der Waals surface area (Å²) in [5.74, 6) is 0. The van der Waals surface area contributed by atoms with Gasteiger partial charge in [0, 0.05) is 0 Å². The maximum Gasteiger partial charge on any atom is 0.298 e. The molecule has 6 heteroatoms. The first-order chi connectivity index (χ1) is 8.27. The van der Waals surface area contributed by atoms with E-state index in [9.17, 15) is 9.59 Å². The van der Waals surface area contributed by atoms with Gasteiger partial charge in [0.15, 0.2) is 11.0 Å². The van der Waals surface area contributed by atoms with Crippen molar-refractivity contribution in [3.63, 3.8) is 0 Å². The summed E-state index contributed by atoms with van der Waals surface area (Å²) in [5, 5.41) is 2.75. The minimum atomic E-state index is -0.359. The number of rotatable bonds is 1. The van der Waals surface area contributed by atoms with Crippen molar-refractivity contribution in [3.05, 3.63) is 57.4 Å². The van der Waals surface area contributed by atoms with E-state index < -0.39 is 0 Å². The molecule has 3 aromatic rings. The number of fused-ring (bicyclic) bond motifs is 1. The van der Waals surface area contributed by atoms with E-state index in [0.717, 1.165) is 0 Å². The van der Waals surface area contributed by atoms with Gasteiger partial charge in [-0.25, -0.2) is 9.67 Å². The third-order valence-corrected chi connectivity index (χ3v) is 2.50. The number of nitrogens with zero attached hydrogens (tertiary/aromatic N) is 2. The van der Waals surface area contributed by atoms with E-state index in [1.54, 1.807) is 12.1 Å². The molecule has 0 saturated heterocycles. The standard InChI is InChI=1S/C11H8N4O2/c16-10-8-9(12-6-13-10)11(17)15(14-8)7-4-2-1-3-5-7/h1-6,14H,(H,12,13,16). The normalized spacial score (nSPS) is 10.8. The Morgan fingerprint density at radius 1 is 1.12 bits per heavy atom. The van der Waals surface area contributed by atoms with Gasteiger partial charge in [-0.3, -0.25) is 14.7 Å². The molecule has 0 atom stereocenters. The van der Waals surface area contributed by atoms with Crippen LogP contribution in [-0.2, 0) is 0 Å². The highest BCUT2D eigenvalue weighted by molar-refractivity contribution is 5.72. The van der Waals surface area contributed by atoms with E-state index in [1.165, 1.54) is 11.0 Å². The van der Waals surface area contributed by atoms with E-state index in [0.29, 0.717) is 5.69 Å². The lowest BCUT2D eigenvalue weighted by Gasteiger charge is -1.98. The zero-order valence-electron chi connectivity index (χ0n) is 8.68. The molecule has 17 heavy (non-hydrogen) atoms. The highest BCUT2D eigenvalue weighted by Crippen LogP contribution is 2.05. The second-order valence-corrected chi connectivity index (χ2v) is 3.54. The minimum absolute atomic E-state index is 0.137. The van der Waals surface area contributed by atoms with Crippen LogP contribution in [0, 0.1) is 0 Å². The van der Waals surface area contributed by atoms with Gasteiger partial charge in [-0.15, -0.1) is 0 Å². The molecule has 0 saturated carbocycles. The first-order valence-corrected chi connectivity index (χ1v) is 5.01. The Hall–Kier alpha value is -2.63. The second-order valence-electron chi connectivity index (χ2n) is 3.54. The lowest BCUT2D eigenvalue weighted by atomic mass is 10.3. The fourth-order valence-corrected chi connectivity index (χ4v) is 1.69. The molecule has 2 aromatic heterocycles. The molecule has 0 amide bonds. The average Bonchev–Trinajstić information content (AvgIpc) is 2.70. The second kappa shape index (κ2) is 3.44. The Labute approximate surface area is 94.5 Å². The smallest absolute Gasteiger partial charge is 0.298 e. The van der Waals surface area contributed by atoms with E-state index in [2.05, 4.69) is 15.1 Å². The van der Waals surface area contributed by atoms with Crippen LogP contribution in [0.25, 0.3) is 16.7 Å². The molecule has 0 bridgehead atoms. The Balaban J connectivity index is 2.41. The zero-order valence-corrected chi connectivity index (χ0v) is 8.68. The van der Waals surface area contributed by atoms with Crippen molar-refractivity contribution in [2.24, 2.45) is 0 Å². The van der Waals surface area contributed by atoms with Gasteiger partial charge in [0.05, 0.1) is 12.0 Å².